The van der Waals surface area contributed by atoms with Crippen molar-refractivity contribution in [2.45, 2.75) is 20.1 Å². The fraction of sp³-hybridized carbons (Fsp3) is 0.250. The van der Waals surface area contributed by atoms with Gasteiger partial charge in [0.1, 0.15) is 18.1 Å². The first-order valence-corrected chi connectivity index (χ1v) is 9.73. The lowest BCUT2D eigenvalue weighted by Crippen LogP contribution is -2.24. The Hall–Kier alpha value is -3.54. The van der Waals surface area contributed by atoms with Crippen LogP contribution in [-0.2, 0) is 25.0 Å². The first kappa shape index (κ1) is 21.2. The molecule has 0 aliphatic rings. The van der Waals surface area contributed by atoms with Gasteiger partial charge >= 0.3 is 0 Å². The van der Waals surface area contributed by atoms with E-state index in [-0.39, 0.29) is 5.91 Å². The monoisotopic (exact) mass is 405 g/mol. The van der Waals surface area contributed by atoms with Crippen molar-refractivity contribution in [2.24, 2.45) is 7.05 Å². The zero-order valence-electron chi connectivity index (χ0n) is 17.8. The first-order valence-electron chi connectivity index (χ1n) is 9.73. The summed E-state index contributed by atoms with van der Waals surface area (Å²) >= 11 is 0. The number of nitrogens with zero attached hydrogens (tertiary/aromatic N) is 3. The predicted octanol–water partition coefficient (Wildman–Crippen LogP) is 3.99. The molecule has 6 nitrogen and oxygen atoms in total. The Morgan fingerprint density at radius 3 is 2.67 bits per heavy atom. The highest BCUT2D eigenvalue weighted by Crippen LogP contribution is 2.24. The number of aromatic nitrogens is 2. The van der Waals surface area contributed by atoms with Crippen LogP contribution in [0.15, 0.2) is 60.8 Å². The van der Waals surface area contributed by atoms with Gasteiger partial charge in [0.15, 0.2) is 0 Å². The Morgan fingerprint density at radius 1 is 1.17 bits per heavy atom. The molecule has 6 heteroatoms. The van der Waals surface area contributed by atoms with Crippen molar-refractivity contribution in [3.8, 4) is 11.5 Å². The third-order valence-electron chi connectivity index (χ3n) is 4.74. The lowest BCUT2D eigenvalue weighted by atomic mass is 10.1. The van der Waals surface area contributed by atoms with E-state index in [4.69, 9.17) is 9.47 Å². The van der Waals surface area contributed by atoms with Crippen molar-refractivity contribution in [2.75, 3.05) is 14.2 Å². The Bertz CT molecular complexity index is 1040. The highest BCUT2D eigenvalue weighted by atomic mass is 16.5. The van der Waals surface area contributed by atoms with Crippen molar-refractivity contribution in [1.29, 1.82) is 0 Å². The number of ether oxygens (including phenoxy) is 2. The fourth-order valence-corrected chi connectivity index (χ4v) is 3.05. The summed E-state index contributed by atoms with van der Waals surface area (Å²) in [4.78, 5) is 14.1. The summed E-state index contributed by atoms with van der Waals surface area (Å²) < 4.78 is 13.2. The van der Waals surface area contributed by atoms with Gasteiger partial charge in [0.2, 0.25) is 5.91 Å². The standard InChI is InChI=1S/C24H27N3O3/c1-18-7-5-6-8-22(18)30-17-20-15-19(9-11-23(20)29-4)10-12-24(28)26(2)16-21-13-14-27(3)25-21/h5-15H,16-17H2,1-4H3/b12-10+. The Morgan fingerprint density at radius 2 is 1.97 bits per heavy atom. The summed E-state index contributed by atoms with van der Waals surface area (Å²) in [6.07, 6.45) is 5.23. The zero-order valence-corrected chi connectivity index (χ0v) is 17.8. The highest BCUT2D eigenvalue weighted by Gasteiger charge is 2.09. The highest BCUT2D eigenvalue weighted by molar-refractivity contribution is 5.91. The molecule has 0 aliphatic heterocycles. The van der Waals surface area contributed by atoms with Gasteiger partial charge in [-0.25, -0.2) is 0 Å². The molecule has 0 atom stereocenters. The molecule has 1 aromatic heterocycles. The van der Waals surface area contributed by atoms with Gasteiger partial charge in [-0.2, -0.15) is 5.10 Å². The summed E-state index contributed by atoms with van der Waals surface area (Å²) in [5.41, 5.74) is 3.74. The molecule has 0 fully saturated rings. The van der Waals surface area contributed by atoms with Gasteiger partial charge in [-0.3, -0.25) is 9.48 Å². The molecule has 0 saturated heterocycles. The van der Waals surface area contributed by atoms with Gasteiger partial charge < -0.3 is 14.4 Å². The van der Waals surface area contributed by atoms with Gasteiger partial charge in [-0.1, -0.05) is 24.3 Å². The average molecular weight is 405 g/mol. The number of amides is 1. The summed E-state index contributed by atoms with van der Waals surface area (Å²) in [6.45, 7) is 2.85. The second-order valence-electron chi connectivity index (χ2n) is 7.13. The Labute approximate surface area is 177 Å². The predicted molar refractivity (Wildman–Crippen MR) is 117 cm³/mol. The minimum atomic E-state index is -0.0887. The molecule has 3 aromatic rings. The largest absolute Gasteiger partial charge is 0.496 e. The van der Waals surface area contributed by atoms with Crippen LogP contribution in [0.4, 0.5) is 0 Å². The maximum Gasteiger partial charge on any atom is 0.246 e. The maximum absolute atomic E-state index is 12.4. The molecule has 0 aliphatic carbocycles. The van der Waals surface area contributed by atoms with Crippen LogP contribution < -0.4 is 9.47 Å². The van der Waals surface area contributed by atoms with E-state index in [1.807, 2.05) is 68.7 Å². The van der Waals surface area contributed by atoms with Crippen LogP contribution in [0.1, 0.15) is 22.4 Å². The van der Waals surface area contributed by atoms with Crippen molar-refractivity contribution in [3.05, 3.63) is 83.2 Å². The molecule has 0 saturated carbocycles. The van der Waals surface area contributed by atoms with E-state index in [1.54, 1.807) is 35.9 Å². The smallest absolute Gasteiger partial charge is 0.246 e. The van der Waals surface area contributed by atoms with E-state index in [2.05, 4.69) is 5.10 Å². The van der Waals surface area contributed by atoms with Crippen LogP contribution in [0, 0.1) is 6.92 Å². The minimum Gasteiger partial charge on any atom is -0.496 e. The molecular formula is C24H27N3O3. The first-order chi connectivity index (χ1) is 14.5. The average Bonchev–Trinajstić information content (AvgIpc) is 3.15. The van der Waals surface area contributed by atoms with E-state index in [1.165, 1.54) is 0 Å². The maximum atomic E-state index is 12.4. The van der Waals surface area contributed by atoms with E-state index in [0.29, 0.717) is 13.2 Å². The van der Waals surface area contributed by atoms with E-state index >= 15 is 0 Å². The number of hydrogen-bond acceptors (Lipinski definition) is 4. The zero-order chi connectivity index (χ0) is 21.5. The minimum absolute atomic E-state index is 0.0887. The van der Waals surface area contributed by atoms with Gasteiger partial charge in [0.05, 0.1) is 19.3 Å². The number of likely N-dealkylation sites (N-methyl/N-ethyl adjacent to an activating group) is 1. The molecule has 0 N–H and O–H groups in total. The van der Waals surface area contributed by atoms with E-state index in [0.717, 1.165) is 33.9 Å². The SMILES string of the molecule is COc1ccc(/C=C/C(=O)N(C)Cc2ccn(C)n2)cc1COc1ccccc1C. The number of benzene rings is 2. The molecule has 0 radical (unpaired) electrons. The van der Waals surface area contributed by atoms with Gasteiger partial charge in [-0.15, -0.1) is 0 Å². The van der Waals surface area contributed by atoms with E-state index < -0.39 is 0 Å². The number of carbonyl (C=O) groups excluding carboxylic acids is 1. The molecule has 3 rings (SSSR count). The number of carbonyl (C=O) groups is 1. The summed E-state index contributed by atoms with van der Waals surface area (Å²) in [7, 11) is 5.25. The fourth-order valence-electron chi connectivity index (χ4n) is 3.05. The Kier molecular flexibility index (Phi) is 6.91. The van der Waals surface area contributed by atoms with Gasteiger partial charge in [0, 0.05) is 31.9 Å². The molecule has 0 unspecified atom stereocenters. The van der Waals surface area contributed by atoms with Gasteiger partial charge in [-0.05, 0) is 48.4 Å². The topological polar surface area (TPSA) is 56.6 Å². The molecule has 2 aromatic carbocycles. The molecule has 1 amide bonds. The third-order valence-corrected chi connectivity index (χ3v) is 4.74. The molecule has 0 spiro atoms. The van der Waals surface area contributed by atoms with Crippen LogP contribution >= 0.6 is 0 Å². The van der Waals surface area contributed by atoms with Crippen LogP contribution in [0.3, 0.4) is 0 Å². The lowest BCUT2D eigenvalue weighted by Gasteiger charge is -2.14. The summed E-state index contributed by atoms with van der Waals surface area (Å²) in [5, 5.41) is 4.30. The number of para-hydroxylation sites is 1. The number of aryl methyl sites for hydroxylation is 2. The Balaban J connectivity index is 1.67. The van der Waals surface area contributed by atoms with Crippen LogP contribution in [0.5, 0.6) is 11.5 Å². The lowest BCUT2D eigenvalue weighted by molar-refractivity contribution is -0.125. The second-order valence-corrected chi connectivity index (χ2v) is 7.13. The molecule has 30 heavy (non-hydrogen) atoms. The number of rotatable bonds is 8. The normalized spacial score (nSPS) is 10.9. The van der Waals surface area contributed by atoms with Crippen molar-refractivity contribution in [1.82, 2.24) is 14.7 Å². The number of hydrogen-bond donors (Lipinski definition) is 0. The number of methoxy groups -OCH3 is 1. The van der Waals surface area contributed by atoms with Crippen molar-refractivity contribution in [3.63, 3.8) is 0 Å². The van der Waals surface area contributed by atoms with Crippen LogP contribution in [0.2, 0.25) is 0 Å². The van der Waals surface area contributed by atoms with Crippen LogP contribution in [-0.4, -0.2) is 34.7 Å². The summed E-state index contributed by atoms with van der Waals surface area (Å²) in [6, 6.07) is 15.6. The van der Waals surface area contributed by atoms with Gasteiger partial charge in [0.25, 0.3) is 0 Å². The quantitative estimate of drug-likeness (QED) is 0.532. The molecular weight excluding hydrogens is 378 g/mol. The van der Waals surface area contributed by atoms with Crippen molar-refractivity contribution >= 4 is 12.0 Å². The van der Waals surface area contributed by atoms with E-state index in [9.17, 15) is 4.79 Å². The molecule has 156 valence electrons. The molecule has 0 bridgehead atoms. The summed E-state index contributed by atoms with van der Waals surface area (Å²) in [5.74, 6) is 1.50. The van der Waals surface area contributed by atoms with Crippen molar-refractivity contribution < 1.29 is 14.3 Å². The second kappa shape index (κ2) is 9.78. The third kappa shape index (κ3) is 5.50. The molecule has 1 heterocycles. The van der Waals surface area contributed by atoms with Crippen LogP contribution in [0.25, 0.3) is 6.08 Å².